The van der Waals surface area contributed by atoms with Crippen molar-refractivity contribution in [2.75, 3.05) is 28.2 Å². The molecule has 1 rings (SSSR count). The Morgan fingerprint density at radius 1 is 0.750 bits per heavy atom. The largest absolute Gasteiger partial charge is 0.333 e. The molecule has 1 nitrogen and oxygen atoms in total. The highest BCUT2D eigenvalue weighted by atomic mass is 15.2. The van der Waals surface area contributed by atoms with Gasteiger partial charge in [0.1, 0.15) is 0 Å². The zero-order valence-corrected chi connectivity index (χ0v) is 17.7. The van der Waals surface area contributed by atoms with Gasteiger partial charge in [-0.2, -0.15) is 0 Å². The monoisotopic (exact) mass is 332 g/mol. The molecular formula is C22H43BN+. The third-order valence-corrected chi connectivity index (χ3v) is 4.11. The van der Waals surface area contributed by atoms with E-state index in [-0.39, 0.29) is 0 Å². The lowest BCUT2D eigenvalue weighted by atomic mass is 9.39. The molecule has 0 atom stereocenters. The molecule has 0 aliphatic rings. The van der Waals surface area contributed by atoms with Gasteiger partial charge in [0, 0.05) is 0 Å². The molecule has 1 aromatic rings. The molecule has 0 N–H and O–H groups in total. The Balaban J connectivity index is 0.000000922. The van der Waals surface area contributed by atoms with E-state index in [9.17, 15) is 0 Å². The quantitative estimate of drug-likeness (QED) is 0.383. The molecule has 0 unspecified atom stereocenters. The van der Waals surface area contributed by atoms with Gasteiger partial charge in [-0.3, -0.25) is 0 Å². The van der Waals surface area contributed by atoms with Gasteiger partial charge in [-0.1, -0.05) is 101 Å². The smallest absolute Gasteiger partial charge is 0.176 e. The second-order valence-electron chi connectivity index (χ2n) is 8.47. The summed E-state index contributed by atoms with van der Waals surface area (Å²) in [6, 6.07) is 9.19. The highest BCUT2D eigenvalue weighted by Crippen LogP contribution is 2.13. The van der Waals surface area contributed by atoms with Crippen molar-refractivity contribution >= 4 is 12.2 Å². The molecular weight excluding hydrogens is 289 g/mol. The summed E-state index contributed by atoms with van der Waals surface area (Å²) in [7, 11) is 8.50. The van der Waals surface area contributed by atoms with Crippen molar-refractivity contribution in [1.82, 2.24) is 0 Å². The lowest BCUT2D eigenvalue weighted by Crippen LogP contribution is -2.32. The number of nitrogens with zero attached hydrogens (tertiary/aromatic N) is 1. The molecule has 0 bridgehead atoms. The normalized spacial score (nSPS) is 11.0. The predicted molar refractivity (Wildman–Crippen MR) is 114 cm³/mol. The average molecular weight is 332 g/mol. The van der Waals surface area contributed by atoms with Crippen LogP contribution in [0.5, 0.6) is 0 Å². The van der Waals surface area contributed by atoms with E-state index in [4.69, 9.17) is 0 Å². The van der Waals surface area contributed by atoms with Crippen LogP contribution in [0.2, 0.25) is 12.6 Å². The maximum Gasteiger partial charge on any atom is 0.176 e. The van der Waals surface area contributed by atoms with Gasteiger partial charge < -0.3 is 4.48 Å². The number of hydrogen-bond donors (Lipinski definition) is 0. The number of unbranched alkanes of at least 4 members (excludes halogenated alkanes) is 3. The number of quaternary nitrogens is 1. The van der Waals surface area contributed by atoms with Crippen LogP contribution in [0.4, 0.5) is 0 Å². The van der Waals surface area contributed by atoms with E-state index in [1.807, 2.05) is 0 Å². The maximum absolute atomic E-state index is 2.39. The lowest BCUT2D eigenvalue weighted by molar-refractivity contribution is -0.849. The Bertz CT molecular complexity index is 395. The second kappa shape index (κ2) is 13.5. The van der Waals surface area contributed by atoms with E-state index in [1.54, 1.807) is 11.0 Å². The van der Waals surface area contributed by atoms with Crippen molar-refractivity contribution in [1.29, 1.82) is 0 Å². The van der Waals surface area contributed by atoms with Gasteiger partial charge in [0.15, 0.2) is 6.71 Å². The summed E-state index contributed by atoms with van der Waals surface area (Å²) >= 11 is 0. The number of rotatable bonds is 10. The summed E-state index contributed by atoms with van der Waals surface area (Å²) in [5.41, 5.74) is 3.26. The van der Waals surface area contributed by atoms with Crippen molar-refractivity contribution in [3.05, 3.63) is 29.8 Å². The third-order valence-electron chi connectivity index (χ3n) is 4.11. The van der Waals surface area contributed by atoms with Gasteiger partial charge >= 0.3 is 0 Å². The topological polar surface area (TPSA) is 0 Å². The fraction of sp³-hybridized carbons (Fsp3) is 0.727. The number of aryl methyl sites for hydroxylation is 1. The summed E-state index contributed by atoms with van der Waals surface area (Å²) in [6.45, 7) is 7.70. The maximum atomic E-state index is 2.39. The first kappa shape index (κ1) is 23.2. The molecule has 0 amide bonds. The van der Waals surface area contributed by atoms with Gasteiger partial charge in [0.25, 0.3) is 0 Å². The Morgan fingerprint density at radius 2 is 1.21 bits per heavy atom. The Hall–Kier alpha value is -0.755. The van der Waals surface area contributed by atoms with Crippen LogP contribution in [0, 0.1) is 0 Å². The van der Waals surface area contributed by atoms with E-state index in [1.165, 1.54) is 57.6 Å². The zero-order chi connectivity index (χ0) is 18.4. The zero-order valence-electron chi connectivity index (χ0n) is 17.7. The Kier molecular flexibility index (Phi) is 13.1. The first-order chi connectivity index (χ1) is 11.3. The van der Waals surface area contributed by atoms with E-state index in [0.29, 0.717) is 0 Å². The molecule has 0 aromatic heterocycles. The molecule has 1 aromatic carbocycles. The molecule has 0 spiro atoms. The summed E-state index contributed by atoms with van der Waals surface area (Å²) in [5, 5.41) is 0. The minimum atomic E-state index is 0.799. The number of benzene rings is 1. The van der Waals surface area contributed by atoms with E-state index < -0.39 is 0 Å². The summed E-state index contributed by atoms with van der Waals surface area (Å²) in [6.07, 6.45) is 12.0. The van der Waals surface area contributed by atoms with Crippen LogP contribution in [-0.2, 0) is 6.42 Å². The Morgan fingerprint density at radius 3 is 1.67 bits per heavy atom. The first-order valence-corrected chi connectivity index (χ1v) is 10.2. The van der Waals surface area contributed by atoms with Crippen LogP contribution in [0.25, 0.3) is 0 Å². The van der Waals surface area contributed by atoms with Gasteiger partial charge in [-0.25, -0.2) is 0 Å². The molecule has 24 heavy (non-hydrogen) atoms. The van der Waals surface area contributed by atoms with Crippen LogP contribution >= 0.6 is 0 Å². The molecule has 0 saturated carbocycles. The van der Waals surface area contributed by atoms with Crippen LogP contribution < -0.4 is 5.46 Å². The van der Waals surface area contributed by atoms with Gasteiger partial charge in [-0.15, -0.1) is 0 Å². The summed E-state index contributed by atoms with van der Waals surface area (Å²) < 4.78 is 1.00. The Labute approximate surface area is 153 Å². The standard InChI is InChI=1S/C18H31B.C4H12N/c1-4-7-12-17-13-10-11-14-18(17)19(15-8-5-2)16-9-6-3;1-5(2,3)4/h10-11,13-14H,4-9,12,15-16H2,1-3H3;1-4H3/q;+1. The SMILES string of the molecule is CCCCB(CCCC)c1ccccc1CCCC.C[N+](C)(C)C. The predicted octanol–water partition coefficient (Wildman–Crippen LogP) is 5.65. The van der Waals surface area contributed by atoms with Crippen molar-refractivity contribution in [2.45, 2.75) is 78.4 Å². The van der Waals surface area contributed by atoms with Crippen LogP contribution in [0.3, 0.4) is 0 Å². The summed E-state index contributed by atoms with van der Waals surface area (Å²) in [4.78, 5) is 0. The minimum absolute atomic E-state index is 0.799. The van der Waals surface area contributed by atoms with Crippen molar-refractivity contribution in [3.8, 4) is 0 Å². The van der Waals surface area contributed by atoms with E-state index in [0.717, 1.165) is 11.2 Å². The average Bonchev–Trinajstić information content (AvgIpc) is 2.52. The van der Waals surface area contributed by atoms with E-state index in [2.05, 4.69) is 73.2 Å². The molecule has 0 heterocycles. The van der Waals surface area contributed by atoms with Gasteiger partial charge in [0.05, 0.1) is 28.2 Å². The van der Waals surface area contributed by atoms with Crippen LogP contribution in [0.15, 0.2) is 24.3 Å². The molecule has 0 aliphatic heterocycles. The molecule has 0 saturated heterocycles. The van der Waals surface area contributed by atoms with Crippen LogP contribution in [-0.4, -0.2) is 39.4 Å². The molecule has 2 heteroatoms. The highest BCUT2D eigenvalue weighted by Gasteiger charge is 2.17. The second-order valence-corrected chi connectivity index (χ2v) is 8.47. The van der Waals surface area contributed by atoms with Gasteiger partial charge in [-0.05, 0) is 12.8 Å². The fourth-order valence-corrected chi connectivity index (χ4v) is 2.88. The first-order valence-electron chi connectivity index (χ1n) is 10.2. The molecule has 138 valence electrons. The fourth-order valence-electron chi connectivity index (χ4n) is 2.88. The van der Waals surface area contributed by atoms with Crippen molar-refractivity contribution in [2.24, 2.45) is 0 Å². The highest BCUT2D eigenvalue weighted by molar-refractivity contribution is 6.73. The van der Waals surface area contributed by atoms with Crippen molar-refractivity contribution < 1.29 is 4.48 Å². The molecule has 0 radical (unpaired) electrons. The summed E-state index contributed by atoms with van der Waals surface area (Å²) in [5.74, 6) is 0. The lowest BCUT2D eigenvalue weighted by Gasteiger charge is -2.17. The van der Waals surface area contributed by atoms with Crippen molar-refractivity contribution in [3.63, 3.8) is 0 Å². The molecule has 0 aliphatic carbocycles. The molecule has 0 fully saturated rings. The van der Waals surface area contributed by atoms with Crippen LogP contribution in [0.1, 0.15) is 64.9 Å². The minimum Gasteiger partial charge on any atom is -0.333 e. The van der Waals surface area contributed by atoms with E-state index >= 15 is 0 Å². The number of hydrogen-bond acceptors (Lipinski definition) is 0. The third kappa shape index (κ3) is 12.6. The van der Waals surface area contributed by atoms with Gasteiger partial charge in [0.2, 0.25) is 0 Å².